The van der Waals surface area contributed by atoms with E-state index in [2.05, 4.69) is 18.3 Å². The number of hydrogen-bond acceptors (Lipinski definition) is 12. The first kappa shape index (κ1) is 22.0. The molecule has 3 N–H and O–H groups in total. The van der Waals surface area contributed by atoms with E-state index in [0.29, 0.717) is 11.7 Å². The Morgan fingerprint density at radius 1 is 1.44 bits per heavy atom. The fourth-order valence-electron chi connectivity index (χ4n) is 2.05. The molecule has 27 heavy (non-hydrogen) atoms. The number of hydrogen-bond donors (Lipinski definition) is 2. The summed E-state index contributed by atoms with van der Waals surface area (Å²) >= 11 is 0. The second-order valence-electron chi connectivity index (χ2n) is 5.14. The minimum Gasteiger partial charge on any atom is -0.756 e. The van der Waals surface area contributed by atoms with Gasteiger partial charge in [0.1, 0.15) is 11.9 Å². The van der Waals surface area contributed by atoms with Crippen molar-refractivity contribution in [3.8, 4) is 0 Å². The van der Waals surface area contributed by atoms with E-state index >= 15 is 0 Å². The van der Waals surface area contributed by atoms with Gasteiger partial charge in [0.25, 0.3) is 15.6 Å². The molecule has 0 bridgehead atoms. The van der Waals surface area contributed by atoms with Gasteiger partial charge in [-0.3, -0.25) is 13.7 Å². The molecule has 1 fully saturated rings. The Hall–Kier alpha value is -1.28. The Bertz CT molecular complexity index is 851. The number of nitrogens with two attached hydrogens (primary N) is 1. The van der Waals surface area contributed by atoms with E-state index in [1.54, 1.807) is 0 Å². The highest BCUT2D eigenvalue weighted by atomic mass is 31.3. The van der Waals surface area contributed by atoms with E-state index in [-0.39, 0.29) is 5.82 Å². The number of phosphoric ester groups is 2. The molecule has 2 heterocycles. The molecule has 1 aliphatic rings. The summed E-state index contributed by atoms with van der Waals surface area (Å²) in [7, 11) is -10.2. The third kappa shape index (κ3) is 4.96. The molecule has 0 saturated carbocycles. The van der Waals surface area contributed by atoms with Gasteiger partial charge < -0.3 is 34.4 Å². The molecule has 0 amide bonds. The number of ether oxygens (including phenoxy) is 1. The topological polar surface area (TPSA) is 198 Å². The van der Waals surface area contributed by atoms with Crippen LogP contribution in [0.5, 0.6) is 0 Å². The third-order valence-electron chi connectivity index (χ3n) is 3.30. The van der Waals surface area contributed by atoms with Crippen molar-refractivity contribution in [1.29, 1.82) is 0 Å². The number of aliphatic hydroxyl groups excluding tert-OH is 1. The molecule has 0 spiro atoms. The maximum absolute atomic E-state index is 14.2. The molecule has 1 aliphatic heterocycles. The standard InChI is InChI=1S/C10H15F2N3O10P2/c1-22-26(18,19)25-27(20,21)23-4-5-7(16)10(11,12)8(24-5)15-3-2-6(13)14-9(15)17/h2-3,5,7-8,16H,4H2,1H3,(H,18,19)(H,20,21)(H2,13,14,17)/p-2/t5-,7-,8-/m1/s1. The maximum Gasteiger partial charge on any atom is 0.351 e. The molecule has 1 aromatic rings. The molecular formula is C10H13F2N3O10P2-2. The molecule has 0 aliphatic carbocycles. The van der Waals surface area contributed by atoms with E-state index < -0.39 is 52.3 Å². The summed E-state index contributed by atoms with van der Waals surface area (Å²) in [5, 5.41) is 9.68. The molecule has 1 saturated heterocycles. The Morgan fingerprint density at radius 2 is 2.07 bits per heavy atom. The maximum atomic E-state index is 14.2. The van der Waals surface area contributed by atoms with Crippen LogP contribution in [0.4, 0.5) is 14.6 Å². The van der Waals surface area contributed by atoms with E-state index in [1.807, 2.05) is 0 Å². The van der Waals surface area contributed by atoms with Gasteiger partial charge in [0.15, 0.2) is 6.10 Å². The van der Waals surface area contributed by atoms with Crippen LogP contribution in [0.1, 0.15) is 6.23 Å². The van der Waals surface area contributed by atoms with E-state index in [9.17, 15) is 37.6 Å². The summed E-state index contributed by atoms with van der Waals surface area (Å²) in [4.78, 5) is 37.3. The van der Waals surface area contributed by atoms with Gasteiger partial charge >= 0.3 is 11.6 Å². The number of nitrogens with zero attached hydrogens (tertiary/aromatic N) is 2. The van der Waals surface area contributed by atoms with Gasteiger partial charge in [0.05, 0.1) is 6.61 Å². The van der Waals surface area contributed by atoms with Crippen LogP contribution in [0.15, 0.2) is 17.1 Å². The number of aromatic nitrogens is 2. The Balaban J connectivity index is 2.15. The smallest absolute Gasteiger partial charge is 0.351 e. The van der Waals surface area contributed by atoms with Gasteiger partial charge in [-0.15, -0.1) is 0 Å². The van der Waals surface area contributed by atoms with Crippen LogP contribution in [0, 0.1) is 0 Å². The first-order valence-corrected chi connectivity index (χ1v) is 9.81. The summed E-state index contributed by atoms with van der Waals surface area (Å²) in [5.74, 6) is -4.30. The predicted octanol–water partition coefficient (Wildman–Crippen LogP) is -1.66. The molecule has 0 radical (unpaired) electrons. The predicted molar refractivity (Wildman–Crippen MR) is 77.0 cm³/mol. The van der Waals surface area contributed by atoms with Crippen molar-refractivity contribution < 1.29 is 50.9 Å². The highest BCUT2D eigenvalue weighted by Gasteiger charge is 2.59. The molecule has 2 rings (SSSR count). The number of aliphatic hydroxyl groups is 1. The lowest BCUT2D eigenvalue weighted by molar-refractivity contribution is -0.244. The Morgan fingerprint density at radius 3 is 2.63 bits per heavy atom. The SMILES string of the molecule is COP(=O)([O-])OP(=O)([O-])OC[C@H]1O[C@@H](n2ccc(N)nc2=O)C(F)(F)[C@@H]1O. The fraction of sp³-hybridized carbons (Fsp3) is 0.600. The van der Waals surface area contributed by atoms with Crippen LogP contribution in [-0.2, 0) is 27.2 Å². The monoisotopic (exact) mass is 435 g/mol. The average molecular weight is 435 g/mol. The van der Waals surface area contributed by atoms with Gasteiger partial charge in [-0.1, -0.05) is 0 Å². The number of halogens is 2. The van der Waals surface area contributed by atoms with Gasteiger partial charge in [0, 0.05) is 13.3 Å². The van der Waals surface area contributed by atoms with Crippen LogP contribution in [0.3, 0.4) is 0 Å². The number of alkyl halides is 2. The molecule has 17 heteroatoms. The summed E-state index contributed by atoms with van der Waals surface area (Å²) in [6.45, 7) is -1.24. The van der Waals surface area contributed by atoms with Gasteiger partial charge in [0.2, 0.25) is 6.23 Å². The van der Waals surface area contributed by atoms with E-state index in [0.717, 1.165) is 12.3 Å². The Kier molecular flexibility index (Phi) is 6.21. The van der Waals surface area contributed by atoms with Crippen molar-refractivity contribution in [2.24, 2.45) is 0 Å². The Labute approximate surface area is 149 Å². The second-order valence-corrected chi connectivity index (χ2v) is 8.21. The molecule has 5 atom stereocenters. The van der Waals surface area contributed by atoms with Crippen LogP contribution in [-0.4, -0.2) is 46.5 Å². The molecule has 1 aromatic heterocycles. The first-order valence-electron chi connectivity index (χ1n) is 6.89. The number of anilines is 1. The van der Waals surface area contributed by atoms with Gasteiger partial charge in [-0.25, -0.2) is 9.11 Å². The zero-order valence-electron chi connectivity index (χ0n) is 13.3. The molecular weight excluding hydrogens is 422 g/mol. The normalized spacial score (nSPS) is 29.2. The van der Waals surface area contributed by atoms with Crippen molar-refractivity contribution in [2.45, 2.75) is 24.4 Å². The number of phosphoric acid groups is 2. The van der Waals surface area contributed by atoms with Crippen molar-refractivity contribution in [3.05, 3.63) is 22.7 Å². The minimum atomic E-state index is -5.54. The van der Waals surface area contributed by atoms with Gasteiger partial charge in [-0.05, 0) is 6.07 Å². The quantitative estimate of drug-likeness (QED) is 0.463. The summed E-state index contributed by atoms with van der Waals surface area (Å²) < 4.78 is 67.5. The van der Waals surface area contributed by atoms with Gasteiger partial charge in [-0.2, -0.15) is 13.8 Å². The highest BCUT2D eigenvalue weighted by molar-refractivity contribution is 7.59. The fourth-order valence-corrected chi connectivity index (χ4v) is 3.82. The van der Waals surface area contributed by atoms with Crippen molar-refractivity contribution in [1.82, 2.24) is 9.55 Å². The lowest BCUT2D eigenvalue weighted by atomic mass is 10.1. The zero-order chi connectivity index (χ0) is 20.6. The third-order valence-corrected chi connectivity index (χ3v) is 5.82. The summed E-state index contributed by atoms with van der Waals surface area (Å²) in [6.07, 6.45) is -6.08. The van der Waals surface area contributed by atoms with Crippen LogP contribution >= 0.6 is 15.6 Å². The average Bonchev–Trinajstić information content (AvgIpc) is 2.75. The zero-order valence-corrected chi connectivity index (χ0v) is 15.1. The van der Waals surface area contributed by atoms with Crippen LogP contribution < -0.4 is 21.2 Å². The first-order chi connectivity index (χ1) is 12.3. The van der Waals surface area contributed by atoms with E-state index in [1.165, 1.54) is 0 Å². The lowest BCUT2D eigenvalue weighted by Gasteiger charge is -2.30. The highest BCUT2D eigenvalue weighted by Crippen LogP contribution is 2.55. The van der Waals surface area contributed by atoms with Crippen molar-refractivity contribution >= 4 is 21.5 Å². The van der Waals surface area contributed by atoms with Crippen molar-refractivity contribution in [2.75, 3.05) is 19.5 Å². The minimum absolute atomic E-state index is 0.248. The molecule has 0 aromatic carbocycles. The lowest BCUT2D eigenvalue weighted by Crippen LogP contribution is -2.42. The number of rotatable bonds is 7. The molecule has 13 nitrogen and oxygen atoms in total. The molecule has 154 valence electrons. The summed E-state index contributed by atoms with van der Waals surface area (Å²) in [6, 6.07) is 1.02. The summed E-state index contributed by atoms with van der Waals surface area (Å²) in [5.41, 5.74) is 4.04. The van der Waals surface area contributed by atoms with Crippen molar-refractivity contribution in [3.63, 3.8) is 0 Å². The second kappa shape index (κ2) is 7.62. The molecule has 2 unspecified atom stereocenters. The van der Waals surface area contributed by atoms with Crippen LogP contribution in [0.25, 0.3) is 0 Å². The largest absolute Gasteiger partial charge is 0.756 e. The van der Waals surface area contributed by atoms with Crippen LogP contribution in [0.2, 0.25) is 0 Å². The van der Waals surface area contributed by atoms with E-state index in [4.69, 9.17) is 10.5 Å². The number of nitrogen functional groups attached to an aromatic ring is 1.